The van der Waals surface area contributed by atoms with Gasteiger partial charge in [-0.3, -0.25) is 9.59 Å². The molecule has 26 heavy (non-hydrogen) atoms. The summed E-state index contributed by atoms with van der Waals surface area (Å²) >= 11 is 0. The van der Waals surface area contributed by atoms with Crippen molar-refractivity contribution in [1.82, 2.24) is 10.2 Å². The summed E-state index contributed by atoms with van der Waals surface area (Å²) in [7, 11) is 0. The number of hydrogen-bond donors (Lipinski definition) is 1. The van der Waals surface area contributed by atoms with Crippen molar-refractivity contribution >= 4 is 11.8 Å². The zero-order valence-corrected chi connectivity index (χ0v) is 15.8. The molecule has 1 aliphatic heterocycles. The number of benzene rings is 1. The largest absolute Gasteiger partial charge is 0.355 e. The summed E-state index contributed by atoms with van der Waals surface area (Å²) in [5.74, 6) is 0.372. The van der Waals surface area contributed by atoms with Gasteiger partial charge < -0.3 is 10.2 Å². The third-order valence-corrected chi connectivity index (χ3v) is 6.07. The van der Waals surface area contributed by atoms with Gasteiger partial charge in [-0.05, 0) is 37.7 Å². The molecule has 2 fully saturated rings. The van der Waals surface area contributed by atoms with Gasteiger partial charge in [-0.25, -0.2) is 0 Å². The van der Waals surface area contributed by atoms with Crippen LogP contribution in [-0.4, -0.2) is 36.3 Å². The van der Waals surface area contributed by atoms with Crippen molar-refractivity contribution in [3.63, 3.8) is 0 Å². The molecule has 1 N–H and O–H groups in total. The number of rotatable bonds is 7. The Labute approximate surface area is 157 Å². The average molecular weight is 357 g/mol. The minimum atomic E-state index is 0.0952. The Morgan fingerprint density at radius 3 is 2.54 bits per heavy atom. The van der Waals surface area contributed by atoms with Gasteiger partial charge in [0.25, 0.3) is 0 Å². The first kappa shape index (κ1) is 18.9. The first-order valence-corrected chi connectivity index (χ1v) is 10.3. The monoisotopic (exact) mass is 356 g/mol. The number of amides is 2. The van der Waals surface area contributed by atoms with Gasteiger partial charge in [0.2, 0.25) is 11.8 Å². The van der Waals surface area contributed by atoms with Crippen LogP contribution in [0.4, 0.5) is 0 Å². The lowest BCUT2D eigenvalue weighted by atomic mass is 9.69. The Bertz CT molecular complexity index is 593. The number of piperidine rings is 1. The number of nitrogens with one attached hydrogen (secondary N) is 1. The number of carbonyl (C=O) groups is 2. The normalized spacial score (nSPS) is 20.0. The fourth-order valence-electron chi connectivity index (χ4n) is 4.47. The summed E-state index contributed by atoms with van der Waals surface area (Å²) in [5.41, 5.74) is 1.46. The van der Waals surface area contributed by atoms with E-state index in [-0.39, 0.29) is 17.2 Å². The fourth-order valence-corrected chi connectivity index (χ4v) is 4.47. The maximum absolute atomic E-state index is 12.4. The highest BCUT2D eigenvalue weighted by Gasteiger charge is 2.34. The van der Waals surface area contributed by atoms with Gasteiger partial charge in [-0.1, -0.05) is 49.6 Å². The maximum Gasteiger partial charge on any atom is 0.222 e. The molecule has 1 heterocycles. The smallest absolute Gasteiger partial charge is 0.222 e. The van der Waals surface area contributed by atoms with Crippen molar-refractivity contribution in [3.8, 4) is 0 Å². The fraction of sp³-hybridized carbons (Fsp3) is 0.636. The van der Waals surface area contributed by atoms with E-state index in [0.717, 1.165) is 51.7 Å². The zero-order valence-electron chi connectivity index (χ0n) is 15.8. The maximum atomic E-state index is 12.4. The number of nitrogens with zero attached hydrogens (tertiary/aromatic N) is 1. The van der Waals surface area contributed by atoms with E-state index in [1.807, 2.05) is 4.90 Å². The highest BCUT2D eigenvalue weighted by Crippen LogP contribution is 2.38. The molecule has 4 nitrogen and oxygen atoms in total. The van der Waals surface area contributed by atoms with Crippen molar-refractivity contribution in [3.05, 3.63) is 35.9 Å². The van der Waals surface area contributed by atoms with E-state index in [2.05, 4.69) is 35.6 Å². The lowest BCUT2D eigenvalue weighted by Gasteiger charge is -2.38. The standard InChI is InChI=1S/C22H32N2O2/c25-20(12-9-17-24-16-8-5-13-21(24)26)23-18-22(14-6-2-7-15-22)19-10-3-1-4-11-19/h1,3-4,10-11H,2,5-9,12-18H2,(H,23,25). The third kappa shape index (κ3) is 4.87. The summed E-state index contributed by atoms with van der Waals surface area (Å²) < 4.78 is 0. The van der Waals surface area contributed by atoms with Gasteiger partial charge in [0.05, 0.1) is 0 Å². The van der Waals surface area contributed by atoms with Crippen LogP contribution in [0, 0.1) is 0 Å². The van der Waals surface area contributed by atoms with Crippen LogP contribution >= 0.6 is 0 Å². The van der Waals surface area contributed by atoms with Crippen molar-refractivity contribution < 1.29 is 9.59 Å². The Balaban J connectivity index is 1.48. The summed E-state index contributed by atoms with van der Waals surface area (Å²) in [6.45, 7) is 2.31. The van der Waals surface area contributed by atoms with Gasteiger partial charge in [0.15, 0.2) is 0 Å². The molecular formula is C22H32N2O2. The zero-order chi connectivity index (χ0) is 18.2. The van der Waals surface area contributed by atoms with E-state index in [9.17, 15) is 9.59 Å². The van der Waals surface area contributed by atoms with Crippen molar-refractivity contribution in [2.24, 2.45) is 0 Å². The second-order valence-corrected chi connectivity index (χ2v) is 7.93. The lowest BCUT2D eigenvalue weighted by molar-refractivity contribution is -0.133. The van der Waals surface area contributed by atoms with Gasteiger partial charge in [-0.2, -0.15) is 0 Å². The Morgan fingerprint density at radius 1 is 1.04 bits per heavy atom. The Kier molecular flexibility index (Phi) is 6.70. The highest BCUT2D eigenvalue weighted by molar-refractivity contribution is 5.77. The van der Waals surface area contributed by atoms with E-state index in [1.54, 1.807) is 0 Å². The van der Waals surface area contributed by atoms with E-state index in [4.69, 9.17) is 0 Å². The molecule has 1 aromatic carbocycles. The van der Waals surface area contributed by atoms with Crippen molar-refractivity contribution in [2.75, 3.05) is 19.6 Å². The van der Waals surface area contributed by atoms with Crippen molar-refractivity contribution in [1.29, 1.82) is 0 Å². The van der Waals surface area contributed by atoms with E-state index in [0.29, 0.717) is 12.8 Å². The number of hydrogen-bond acceptors (Lipinski definition) is 2. The molecule has 2 amide bonds. The SMILES string of the molecule is O=C(CCCN1CCCCC1=O)NCC1(c2ccccc2)CCCCC1. The highest BCUT2D eigenvalue weighted by atomic mass is 16.2. The summed E-state index contributed by atoms with van der Waals surface area (Å²) in [6.07, 6.45) is 10.1. The topological polar surface area (TPSA) is 49.4 Å². The Morgan fingerprint density at radius 2 is 1.81 bits per heavy atom. The van der Waals surface area contributed by atoms with Crippen LogP contribution < -0.4 is 5.32 Å². The molecule has 0 radical (unpaired) electrons. The van der Waals surface area contributed by atoms with E-state index < -0.39 is 0 Å². The molecule has 1 aliphatic carbocycles. The first-order chi connectivity index (χ1) is 12.7. The average Bonchev–Trinajstić information content (AvgIpc) is 2.69. The number of carbonyl (C=O) groups excluding carboxylic acids is 2. The minimum Gasteiger partial charge on any atom is -0.355 e. The molecule has 1 saturated carbocycles. The molecule has 1 aromatic rings. The van der Waals surface area contributed by atoms with Gasteiger partial charge >= 0.3 is 0 Å². The van der Waals surface area contributed by atoms with Crippen molar-refractivity contribution in [2.45, 2.75) is 69.6 Å². The molecule has 0 aromatic heterocycles. The Hall–Kier alpha value is -1.84. The van der Waals surface area contributed by atoms with Crippen LogP contribution in [0.15, 0.2) is 30.3 Å². The van der Waals surface area contributed by atoms with Crippen LogP contribution in [0.1, 0.15) is 69.8 Å². The first-order valence-electron chi connectivity index (χ1n) is 10.3. The third-order valence-electron chi connectivity index (χ3n) is 6.07. The quantitative estimate of drug-likeness (QED) is 0.808. The summed E-state index contributed by atoms with van der Waals surface area (Å²) in [5, 5.41) is 3.20. The molecule has 1 saturated heterocycles. The molecule has 0 bridgehead atoms. The van der Waals surface area contributed by atoms with Crippen LogP contribution in [0.25, 0.3) is 0 Å². The molecule has 0 atom stereocenters. The summed E-state index contributed by atoms with van der Waals surface area (Å²) in [6, 6.07) is 10.7. The molecule has 0 unspecified atom stereocenters. The lowest BCUT2D eigenvalue weighted by Crippen LogP contribution is -2.42. The predicted octanol–water partition coefficient (Wildman–Crippen LogP) is 3.80. The van der Waals surface area contributed by atoms with Crippen LogP contribution in [0.3, 0.4) is 0 Å². The molecule has 3 rings (SSSR count). The molecule has 142 valence electrons. The predicted molar refractivity (Wildman–Crippen MR) is 104 cm³/mol. The minimum absolute atomic E-state index is 0.0952. The van der Waals surface area contributed by atoms with Crippen LogP contribution in [0.5, 0.6) is 0 Å². The van der Waals surface area contributed by atoms with Gasteiger partial charge in [-0.15, -0.1) is 0 Å². The molecule has 2 aliphatic rings. The molecule has 4 heteroatoms. The second-order valence-electron chi connectivity index (χ2n) is 7.93. The van der Waals surface area contributed by atoms with Gasteiger partial charge in [0, 0.05) is 37.9 Å². The molecule has 0 spiro atoms. The van der Waals surface area contributed by atoms with Gasteiger partial charge in [0.1, 0.15) is 0 Å². The van der Waals surface area contributed by atoms with E-state index in [1.165, 1.54) is 24.8 Å². The number of likely N-dealkylation sites (tertiary alicyclic amines) is 1. The molecular weight excluding hydrogens is 324 g/mol. The van der Waals surface area contributed by atoms with Crippen LogP contribution in [-0.2, 0) is 15.0 Å². The van der Waals surface area contributed by atoms with Crippen LogP contribution in [0.2, 0.25) is 0 Å². The van der Waals surface area contributed by atoms with E-state index >= 15 is 0 Å². The second kappa shape index (κ2) is 9.20. The summed E-state index contributed by atoms with van der Waals surface area (Å²) in [4.78, 5) is 26.1.